The lowest BCUT2D eigenvalue weighted by Gasteiger charge is -2.07. The smallest absolute Gasteiger partial charge is 0.0698 e. The second-order valence-corrected chi connectivity index (χ2v) is 2.39. The average molecular weight is 140 g/mol. The minimum atomic E-state index is 0.123. The topological polar surface area (TPSA) is 36.2 Å². The Labute approximate surface area is 59.6 Å². The van der Waals surface area contributed by atoms with Gasteiger partial charge in [-0.25, -0.2) is 0 Å². The fourth-order valence-corrected chi connectivity index (χ4v) is 0.837. The molecule has 9 heavy (non-hydrogen) atoms. The van der Waals surface area contributed by atoms with Crippen LogP contribution in [0.5, 0.6) is 0 Å². The SMILES string of the molecule is N=C(S)C1C=NC=CC1. The Morgan fingerprint density at radius 3 is 2.89 bits per heavy atom. The summed E-state index contributed by atoms with van der Waals surface area (Å²) in [5, 5.41) is 7.52. The molecule has 0 aliphatic carbocycles. The van der Waals surface area contributed by atoms with Gasteiger partial charge in [0.1, 0.15) is 0 Å². The minimum absolute atomic E-state index is 0.123. The molecule has 1 atom stereocenters. The maximum absolute atomic E-state index is 7.13. The van der Waals surface area contributed by atoms with Gasteiger partial charge in [-0.15, -0.1) is 12.6 Å². The molecule has 0 bridgehead atoms. The molecule has 1 unspecified atom stereocenters. The summed E-state index contributed by atoms with van der Waals surface area (Å²) in [4.78, 5) is 3.88. The number of thiol groups is 1. The Hall–Kier alpha value is -0.570. The van der Waals surface area contributed by atoms with E-state index in [0.29, 0.717) is 5.04 Å². The van der Waals surface area contributed by atoms with Crippen molar-refractivity contribution in [3.05, 3.63) is 12.3 Å². The third-order valence-corrected chi connectivity index (χ3v) is 1.53. The van der Waals surface area contributed by atoms with Gasteiger partial charge in [0.2, 0.25) is 0 Å². The van der Waals surface area contributed by atoms with E-state index in [1.54, 1.807) is 12.4 Å². The van der Waals surface area contributed by atoms with Crippen LogP contribution < -0.4 is 0 Å². The lowest BCUT2D eigenvalue weighted by molar-refractivity contribution is 0.936. The van der Waals surface area contributed by atoms with Gasteiger partial charge in [-0.3, -0.25) is 10.4 Å². The molecule has 0 aromatic carbocycles. The molecule has 1 rings (SSSR count). The molecule has 3 heteroatoms. The summed E-state index contributed by atoms with van der Waals surface area (Å²) >= 11 is 3.90. The van der Waals surface area contributed by atoms with Gasteiger partial charge in [-0.2, -0.15) is 0 Å². The number of rotatable bonds is 1. The summed E-state index contributed by atoms with van der Waals surface area (Å²) in [5.74, 6) is 0.123. The molecule has 0 saturated heterocycles. The lowest BCUT2D eigenvalue weighted by Crippen LogP contribution is -2.09. The molecule has 0 fully saturated rings. The van der Waals surface area contributed by atoms with E-state index < -0.39 is 0 Å². The Morgan fingerprint density at radius 2 is 2.56 bits per heavy atom. The van der Waals surface area contributed by atoms with Gasteiger partial charge in [0, 0.05) is 18.3 Å². The van der Waals surface area contributed by atoms with Crippen molar-refractivity contribution >= 4 is 23.9 Å². The second kappa shape index (κ2) is 2.82. The molecule has 1 N–H and O–H groups in total. The molecule has 2 nitrogen and oxygen atoms in total. The van der Waals surface area contributed by atoms with Gasteiger partial charge in [0.25, 0.3) is 0 Å². The number of allylic oxidation sites excluding steroid dienone is 1. The Kier molecular flexibility index (Phi) is 2.05. The third-order valence-electron chi connectivity index (χ3n) is 1.20. The zero-order valence-electron chi connectivity index (χ0n) is 4.91. The molecule has 0 saturated carbocycles. The van der Waals surface area contributed by atoms with Crippen molar-refractivity contribution < 1.29 is 0 Å². The predicted octanol–water partition coefficient (Wildman–Crippen LogP) is 1.50. The van der Waals surface area contributed by atoms with E-state index in [4.69, 9.17) is 5.41 Å². The van der Waals surface area contributed by atoms with Crippen molar-refractivity contribution in [3.63, 3.8) is 0 Å². The van der Waals surface area contributed by atoms with Crippen LogP contribution in [0.2, 0.25) is 0 Å². The van der Waals surface area contributed by atoms with Crippen LogP contribution in [0.4, 0.5) is 0 Å². The maximum Gasteiger partial charge on any atom is 0.0698 e. The predicted molar refractivity (Wildman–Crippen MR) is 42.5 cm³/mol. The summed E-state index contributed by atoms with van der Waals surface area (Å²) in [7, 11) is 0. The highest BCUT2D eigenvalue weighted by Gasteiger charge is 2.07. The van der Waals surface area contributed by atoms with Crippen LogP contribution in [0.15, 0.2) is 17.3 Å². The molecule has 0 aromatic heterocycles. The largest absolute Gasteiger partial charge is 0.298 e. The Bertz CT molecular complexity index is 172. The summed E-state index contributed by atoms with van der Waals surface area (Å²) in [6.45, 7) is 0. The first kappa shape index (κ1) is 6.55. The van der Waals surface area contributed by atoms with E-state index in [9.17, 15) is 0 Å². The second-order valence-electron chi connectivity index (χ2n) is 1.91. The number of hydrogen-bond donors (Lipinski definition) is 2. The number of nitrogens with one attached hydrogen (secondary N) is 1. The van der Waals surface area contributed by atoms with Gasteiger partial charge >= 0.3 is 0 Å². The van der Waals surface area contributed by atoms with Crippen molar-refractivity contribution in [2.75, 3.05) is 0 Å². The monoisotopic (exact) mass is 140 g/mol. The van der Waals surface area contributed by atoms with Crippen LogP contribution in [0.25, 0.3) is 0 Å². The number of nitrogens with zero attached hydrogens (tertiary/aromatic N) is 1. The van der Waals surface area contributed by atoms with Crippen LogP contribution >= 0.6 is 12.6 Å². The van der Waals surface area contributed by atoms with Crippen molar-refractivity contribution in [1.29, 1.82) is 5.41 Å². The van der Waals surface area contributed by atoms with E-state index in [2.05, 4.69) is 17.6 Å². The van der Waals surface area contributed by atoms with Gasteiger partial charge in [-0.05, 0) is 6.42 Å². The highest BCUT2D eigenvalue weighted by Crippen LogP contribution is 2.09. The standard InChI is InChI=1S/C6H8N2S/c7-6(9)5-2-1-3-8-4-5/h1,3-5H,2H2,(H2,7,9). The number of hydrogen-bond acceptors (Lipinski definition) is 2. The zero-order valence-corrected chi connectivity index (χ0v) is 5.81. The number of aliphatic imine (C=N–C) groups is 1. The van der Waals surface area contributed by atoms with Gasteiger partial charge in [-0.1, -0.05) is 6.08 Å². The van der Waals surface area contributed by atoms with E-state index in [0.717, 1.165) is 6.42 Å². The zero-order chi connectivity index (χ0) is 6.69. The molecule has 48 valence electrons. The van der Waals surface area contributed by atoms with Crippen LogP contribution in [0, 0.1) is 11.3 Å². The van der Waals surface area contributed by atoms with Crippen LogP contribution in [-0.4, -0.2) is 11.3 Å². The lowest BCUT2D eigenvalue weighted by atomic mass is 10.1. The van der Waals surface area contributed by atoms with Crippen molar-refractivity contribution in [3.8, 4) is 0 Å². The molecule has 0 amide bonds. The van der Waals surface area contributed by atoms with Crippen molar-refractivity contribution in [2.24, 2.45) is 10.9 Å². The first-order valence-electron chi connectivity index (χ1n) is 2.76. The fourth-order valence-electron chi connectivity index (χ4n) is 0.665. The molecule has 1 aliphatic heterocycles. The van der Waals surface area contributed by atoms with E-state index in [1.165, 1.54) is 0 Å². The quantitative estimate of drug-likeness (QED) is 0.314. The van der Waals surface area contributed by atoms with E-state index >= 15 is 0 Å². The first-order chi connectivity index (χ1) is 4.30. The Balaban J connectivity index is 2.56. The molecular formula is C6H8N2S. The molecule has 0 aromatic rings. The Morgan fingerprint density at radius 1 is 1.78 bits per heavy atom. The maximum atomic E-state index is 7.13. The van der Waals surface area contributed by atoms with Crippen molar-refractivity contribution in [1.82, 2.24) is 0 Å². The van der Waals surface area contributed by atoms with Gasteiger partial charge in [0.05, 0.1) is 5.04 Å². The third kappa shape index (κ3) is 1.68. The van der Waals surface area contributed by atoms with Crippen LogP contribution in [0.1, 0.15) is 6.42 Å². The van der Waals surface area contributed by atoms with Crippen LogP contribution in [-0.2, 0) is 0 Å². The molecule has 1 aliphatic rings. The minimum Gasteiger partial charge on any atom is -0.298 e. The molecule has 0 spiro atoms. The normalized spacial score (nSPS) is 24.3. The summed E-state index contributed by atoms with van der Waals surface area (Å²) in [6, 6.07) is 0. The molecular weight excluding hydrogens is 132 g/mol. The highest BCUT2D eigenvalue weighted by molar-refractivity contribution is 7.96. The van der Waals surface area contributed by atoms with Crippen molar-refractivity contribution in [2.45, 2.75) is 6.42 Å². The van der Waals surface area contributed by atoms with Crippen LogP contribution in [0.3, 0.4) is 0 Å². The van der Waals surface area contributed by atoms with E-state index in [-0.39, 0.29) is 5.92 Å². The van der Waals surface area contributed by atoms with Gasteiger partial charge in [0.15, 0.2) is 0 Å². The van der Waals surface area contributed by atoms with Gasteiger partial charge < -0.3 is 0 Å². The average Bonchev–Trinajstić information content (AvgIpc) is 1.90. The first-order valence-corrected chi connectivity index (χ1v) is 3.21. The summed E-state index contributed by atoms with van der Waals surface area (Å²) < 4.78 is 0. The van der Waals surface area contributed by atoms with E-state index in [1.807, 2.05) is 6.08 Å². The molecule has 1 heterocycles. The molecule has 0 radical (unpaired) electrons. The fraction of sp³-hybridized carbons (Fsp3) is 0.333. The highest BCUT2D eigenvalue weighted by atomic mass is 32.1. The summed E-state index contributed by atoms with van der Waals surface area (Å²) in [5.41, 5.74) is 0. The summed E-state index contributed by atoms with van der Waals surface area (Å²) in [6.07, 6.45) is 6.30.